The van der Waals surface area contributed by atoms with Crippen molar-refractivity contribution in [1.29, 1.82) is 0 Å². The Kier molecular flexibility index (Phi) is 2.37. The van der Waals surface area contributed by atoms with Crippen molar-refractivity contribution >= 4 is 5.78 Å². The quantitative estimate of drug-likeness (QED) is 0.767. The topological polar surface area (TPSA) is 55.1 Å². The minimum absolute atomic E-state index is 0.100. The number of hydrogen-bond donors (Lipinski definition) is 1. The van der Waals surface area contributed by atoms with Crippen molar-refractivity contribution in [3.63, 3.8) is 0 Å². The molecule has 4 nitrogen and oxygen atoms in total. The van der Waals surface area contributed by atoms with Crippen molar-refractivity contribution in [2.75, 3.05) is 6.54 Å². The van der Waals surface area contributed by atoms with Gasteiger partial charge in [0.2, 0.25) is 0 Å². The molecule has 76 valence electrons. The highest BCUT2D eigenvalue weighted by Gasteiger charge is 2.25. The van der Waals surface area contributed by atoms with Crippen LogP contribution in [-0.4, -0.2) is 17.5 Å². The van der Waals surface area contributed by atoms with Crippen LogP contribution in [0.25, 0.3) is 0 Å². The van der Waals surface area contributed by atoms with E-state index in [2.05, 4.69) is 24.3 Å². The number of Topliss-reactive ketones (excluding diaryl/α,β-unsaturated/α-hetero) is 1. The summed E-state index contributed by atoms with van der Waals surface area (Å²) in [5.74, 6) is 1.28. The van der Waals surface area contributed by atoms with Gasteiger partial charge in [-0.05, 0) is 12.3 Å². The van der Waals surface area contributed by atoms with Gasteiger partial charge in [-0.15, -0.1) is 0 Å². The van der Waals surface area contributed by atoms with Crippen molar-refractivity contribution in [3.8, 4) is 0 Å². The lowest BCUT2D eigenvalue weighted by Gasteiger charge is -2.10. The SMILES string of the molecule is CC(C)Cc1noc2c1C(=O)CNC2. The molecule has 0 atom stereocenters. The summed E-state index contributed by atoms with van der Waals surface area (Å²) in [6, 6.07) is 0. The van der Waals surface area contributed by atoms with Crippen molar-refractivity contribution in [2.24, 2.45) is 5.92 Å². The van der Waals surface area contributed by atoms with E-state index >= 15 is 0 Å². The van der Waals surface area contributed by atoms with Gasteiger partial charge in [-0.2, -0.15) is 0 Å². The summed E-state index contributed by atoms with van der Waals surface area (Å²) in [5, 5.41) is 6.93. The lowest BCUT2D eigenvalue weighted by Crippen LogP contribution is -2.29. The summed E-state index contributed by atoms with van der Waals surface area (Å²) < 4.78 is 5.13. The summed E-state index contributed by atoms with van der Waals surface area (Å²) >= 11 is 0. The van der Waals surface area contributed by atoms with Crippen molar-refractivity contribution in [2.45, 2.75) is 26.8 Å². The zero-order valence-electron chi connectivity index (χ0n) is 8.46. The molecule has 0 fully saturated rings. The van der Waals surface area contributed by atoms with Crippen LogP contribution >= 0.6 is 0 Å². The second-order valence-electron chi connectivity index (χ2n) is 4.05. The molecule has 2 rings (SSSR count). The number of rotatable bonds is 2. The molecule has 0 aromatic carbocycles. The van der Waals surface area contributed by atoms with Crippen LogP contribution in [0.5, 0.6) is 0 Å². The maximum absolute atomic E-state index is 11.6. The Morgan fingerprint density at radius 3 is 3.00 bits per heavy atom. The molecule has 1 aromatic rings. The molecule has 0 saturated heterocycles. The molecule has 4 heteroatoms. The van der Waals surface area contributed by atoms with E-state index in [4.69, 9.17) is 4.52 Å². The third-order valence-electron chi connectivity index (χ3n) is 2.28. The van der Waals surface area contributed by atoms with Crippen molar-refractivity contribution < 1.29 is 9.32 Å². The molecule has 2 heterocycles. The summed E-state index contributed by atoms with van der Waals surface area (Å²) in [6.07, 6.45) is 0.810. The fourth-order valence-corrected chi connectivity index (χ4v) is 1.70. The van der Waals surface area contributed by atoms with Gasteiger partial charge in [0.25, 0.3) is 0 Å². The normalized spacial score (nSPS) is 16.1. The van der Waals surface area contributed by atoms with E-state index in [1.807, 2.05) is 0 Å². The fraction of sp³-hybridized carbons (Fsp3) is 0.600. The largest absolute Gasteiger partial charge is 0.359 e. The molecular formula is C10H14N2O2. The van der Waals surface area contributed by atoms with Gasteiger partial charge in [-0.3, -0.25) is 4.79 Å². The zero-order chi connectivity index (χ0) is 10.1. The third-order valence-corrected chi connectivity index (χ3v) is 2.28. The molecule has 1 aliphatic heterocycles. The number of nitrogens with one attached hydrogen (secondary N) is 1. The first kappa shape index (κ1) is 9.40. The van der Waals surface area contributed by atoms with E-state index in [0.717, 1.165) is 17.7 Å². The molecular weight excluding hydrogens is 180 g/mol. The smallest absolute Gasteiger partial charge is 0.182 e. The van der Waals surface area contributed by atoms with E-state index in [-0.39, 0.29) is 5.78 Å². The minimum atomic E-state index is 0.100. The molecule has 14 heavy (non-hydrogen) atoms. The number of carbonyl (C=O) groups excluding carboxylic acids is 1. The first-order chi connectivity index (χ1) is 6.68. The van der Waals surface area contributed by atoms with Crippen LogP contribution in [0.4, 0.5) is 0 Å². The van der Waals surface area contributed by atoms with E-state index in [0.29, 0.717) is 24.8 Å². The maximum Gasteiger partial charge on any atom is 0.182 e. The molecule has 0 saturated carbocycles. The second kappa shape index (κ2) is 3.53. The standard InChI is InChI=1S/C10H14N2O2/c1-6(2)3-7-10-8(13)4-11-5-9(10)14-12-7/h6,11H,3-5H2,1-2H3. The van der Waals surface area contributed by atoms with Crippen LogP contribution in [0.3, 0.4) is 0 Å². The Bertz CT molecular complexity index is 355. The predicted octanol–water partition coefficient (Wildman–Crippen LogP) is 1.16. The first-order valence-electron chi connectivity index (χ1n) is 4.90. The predicted molar refractivity (Wildman–Crippen MR) is 51.1 cm³/mol. The molecule has 1 aromatic heterocycles. The highest BCUT2D eigenvalue weighted by molar-refractivity contribution is 6.00. The Morgan fingerprint density at radius 2 is 2.29 bits per heavy atom. The maximum atomic E-state index is 11.6. The van der Waals surface area contributed by atoms with Crippen LogP contribution in [0.15, 0.2) is 4.52 Å². The van der Waals surface area contributed by atoms with Gasteiger partial charge in [-0.25, -0.2) is 0 Å². The van der Waals surface area contributed by atoms with Crippen LogP contribution < -0.4 is 5.32 Å². The van der Waals surface area contributed by atoms with Gasteiger partial charge in [0, 0.05) is 0 Å². The Hall–Kier alpha value is -1.16. The molecule has 0 amide bonds. The van der Waals surface area contributed by atoms with E-state index in [1.54, 1.807) is 0 Å². The molecule has 0 radical (unpaired) electrons. The molecule has 0 aliphatic carbocycles. The fourth-order valence-electron chi connectivity index (χ4n) is 1.70. The van der Waals surface area contributed by atoms with Crippen LogP contribution in [-0.2, 0) is 13.0 Å². The number of aromatic nitrogens is 1. The lowest BCUT2D eigenvalue weighted by molar-refractivity contribution is 0.0977. The summed E-state index contributed by atoms with van der Waals surface area (Å²) in [4.78, 5) is 11.6. The third kappa shape index (κ3) is 1.57. The van der Waals surface area contributed by atoms with Crippen molar-refractivity contribution in [1.82, 2.24) is 10.5 Å². The van der Waals surface area contributed by atoms with Crippen LogP contribution in [0, 0.1) is 5.92 Å². The Morgan fingerprint density at radius 1 is 1.50 bits per heavy atom. The average molecular weight is 194 g/mol. The molecule has 0 bridgehead atoms. The number of hydrogen-bond acceptors (Lipinski definition) is 4. The van der Waals surface area contributed by atoms with E-state index < -0.39 is 0 Å². The van der Waals surface area contributed by atoms with E-state index in [9.17, 15) is 4.79 Å². The minimum Gasteiger partial charge on any atom is -0.359 e. The Labute approximate surface area is 82.7 Å². The molecule has 0 spiro atoms. The van der Waals surface area contributed by atoms with E-state index in [1.165, 1.54) is 0 Å². The van der Waals surface area contributed by atoms with Crippen LogP contribution in [0.1, 0.15) is 35.7 Å². The van der Waals surface area contributed by atoms with Gasteiger partial charge >= 0.3 is 0 Å². The van der Waals surface area contributed by atoms with Gasteiger partial charge in [0.15, 0.2) is 11.5 Å². The van der Waals surface area contributed by atoms with Gasteiger partial charge in [-0.1, -0.05) is 19.0 Å². The summed E-state index contributed by atoms with van der Waals surface area (Å²) in [6.45, 7) is 5.23. The molecule has 1 aliphatic rings. The van der Waals surface area contributed by atoms with Gasteiger partial charge < -0.3 is 9.84 Å². The summed E-state index contributed by atoms with van der Waals surface area (Å²) in [5.41, 5.74) is 1.54. The molecule has 1 N–H and O–H groups in total. The lowest BCUT2D eigenvalue weighted by atomic mass is 9.99. The van der Waals surface area contributed by atoms with Gasteiger partial charge in [0.1, 0.15) is 0 Å². The number of fused-ring (bicyclic) bond motifs is 1. The second-order valence-corrected chi connectivity index (χ2v) is 4.05. The highest BCUT2D eigenvalue weighted by atomic mass is 16.5. The average Bonchev–Trinajstić information content (AvgIpc) is 2.49. The zero-order valence-corrected chi connectivity index (χ0v) is 8.46. The highest BCUT2D eigenvalue weighted by Crippen LogP contribution is 2.20. The van der Waals surface area contributed by atoms with Crippen molar-refractivity contribution in [3.05, 3.63) is 17.0 Å². The number of carbonyl (C=O) groups is 1. The number of nitrogens with zero attached hydrogens (tertiary/aromatic N) is 1. The van der Waals surface area contributed by atoms with Crippen LogP contribution in [0.2, 0.25) is 0 Å². The Balaban J connectivity index is 2.33. The first-order valence-corrected chi connectivity index (χ1v) is 4.90. The monoisotopic (exact) mass is 194 g/mol. The number of ketones is 1. The summed E-state index contributed by atoms with van der Waals surface area (Å²) in [7, 11) is 0. The van der Waals surface area contributed by atoms with Gasteiger partial charge in [0.05, 0.1) is 24.3 Å². The molecule has 0 unspecified atom stereocenters.